The van der Waals surface area contributed by atoms with Crippen molar-refractivity contribution in [2.75, 3.05) is 0 Å². The number of nitrogens with zero attached hydrogens (tertiary/aromatic N) is 1. The summed E-state index contributed by atoms with van der Waals surface area (Å²) in [6.45, 7) is 1.77. The SMILES string of the molecule is CC(NS(=O)(=O)c1ccc(C(N)=S)s1)c1ccncc1. The Morgan fingerprint density at radius 2 is 2.00 bits per heavy atom. The minimum absolute atomic E-state index is 0.193. The molecule has 20 heavy (non-hydrogen) atoms. The molecule has 0 saturated carbocycles. The monoisotopic (exact) mass is 327 g/mol. The molecule has 2 heterocycles. The summed E-state index contributed by atoms with van der Waals surface area (Å²) in [7, 11) is -3.59. The predicted molar refractivity (Wildman–Crippen MR) is 83.2 cm³/mol. The van der Waals surface area contributed by atoms with Gasteiger partial charge in [-0.2, -0.15) is 0 Å². The van der Waals surface area contributed by atoms with E-state index in [1.165, 1.54) is 6.07 Å². The molecule has 0 aliphatic carbocycles. The van der Waals surface area contributed by atoms with Crippen molar-refractivity contribution in [2.24, 2.45) is 5.73 Å². The Hall–Kier alpha value is -1.35. The van der Waals surface area contributed by atoms with Crippen LogP contribution in [0, 0.1) is 0 Å². The fourth-order valence-corrected chi connectivity index (χ4v) is 4.21. The van der Waals surface area contributed by atoms with E-state index in [2.05, 4.69) is 9.71 Å². The average Bonchev–Trinajstić information content (AvgIpc) is 2.90. The van der Waals surface area contributed by atoms with Gasteiger partial charge in [-0.25, -0.2) is 13.1 Å². The summed E-state index contributed by atoms with van der Waals surface area (Å²) in [5.41, 5.74) is 6.32. The van der Waals surface area contributed by atoms with Gasteiger partial charge in [-0.1, -0.05) is 12.2 Å². The van der Waals surface area contributed by atoms with Gasteiger partial charge >= 0.3 is 0 Å². The van der Waals surface area contributed by atoms with Gasteiger partial charge < -0.3 is 5.73 Å². The zero-order chi connectivity index (χ0) is 14.8. The second-order valence-corrected chi connectivity index (χ2v) is 7.57. The second kappa shape index (κ2) is 5.96. The molecule has 0 radical (unpaired) electrons. The smallest absolute Gasteiger partial charge is 0.250 e. The Morgan fingerprint density at radius 3 is 2.55 bits per heavy atom. The highest BCUT2D eigenvalue weighted by Crippen LogP contribution is 2.23. The number of thiocarbonyl (C=S) groups is 1. The van der Waals surface area contributed by atoms with Crippen LogP contribution in [0.4, 0.5) is 0 Å². The average molecular weight is 327 g/mol. The van der Waals surface area contributed by atoms with Crippen LogP contribution >= 0.6 is 23.6 Å². The molecule has 0 aromatic carbocycles. The van der Waals surface area contributed by atoms with Gasteiger partial charge in [-0.05, 0) is 36.8 Å². The molecule has 0 aliphatic heterocycles. The zero-order valence-corrected chi connectivity index (χ0v) is 13.1. The Morgan fingerprint density at radius 1 is 1.35 bits per heavy atom. The first-order valence-electron chi connectivity index (χ1n) is 5.72. The number of hydrogen-bond acceptors (Lipinski definition) is 5. The number of pyridine rings is 1. The standard InChI is InChI=1S/C12H13N3O2S3/c1-8(9-4-6-14-7-5-9)15-20(16,17)11-3-2-10(19-11)12(13)18/h2-8,15H,1H3,(H2,13,18). The highest BCUT2D eigenvalue weighted by molar-refractivity contribution is 7.91. The maximum Gasteiger partial charge on any atom is 0.250 e. The highest BCUT2D eigenvalue weighted by atomic mass is 32.2. The van der Waals surface area contributed by atoms with Crippen LogP contribution in [0.1, 0.15) is 23.4 Å². The van der Waals surface area contributed by atoms with Crippen molar-refractivity contribution in [3.05, 3.63) is 47.1 Å². The lowest BCUT2D eigenvalue weighted by Gasteiger charge is -2.13. The maximum absolute atomic E-state index is 12.3. The molecule has 2 rings (SSSR count). The summed E-state index contributed by atoms with van der Waals surface area (Å²) >= 11 is 5.88. The van der Waals surface area contributed by atoms with Gasteiger partial charge in [0.15, 0.2) is 0 Å². The van der Waals surface area contributed by atoms with E-state index in [1.54, 1.807) is 37.5 Å². The predicted octanol–water partition coefficient (Wildman–Crippen LogP) is 1.82. The van der Waals surface area contributed by atoms with Crippen molar-refractivity contribution in [3.8, 4) is 0 Å². The molecule has 0 fully saturated rings. The molecule has 0 aliphatic rings. The maximum atomic E-state index is 12.3. The van der Waals surface area contributed by atoms with E-state index in [0.717, 1.165) is 16.9 Å². The van der Waals surface area contributed by atoms with Gasteiger partial charge in [-0.15, -0.1) is 11.3 Å². The normalized spacial score (nSPS) is 13.1. The number of nitrogens with two attached hydrogens (primary N) is 1. The molecule has 3 N–H and O–H groups in total. The van der Waals surface area contributed by atoms with E-state index in [-0.39, 0.29) is 15.2 Å². The third-order valence-electron chi connectivity index (χ3n) is 2.63. The molecule has 1 unspecified atom stereocenters. The highest BCUT2D eigenvalue weighted by Gasteiger charge is 2.20. The molecule has 5 nitrogen and oxygen atoms in total. The van der Waals surface area contributed by atoms with Crippen molar-refractivity contribution < 1.29 is 8.42 Å². The molecule has 1 atom stereocenters. The van der Waals surface area contributed by atoms with Crippen LogP contribution in [0.15, 0.2) is 40.9 Å². The van der Waals surface area contributed by atoms with Crippen molar-refractivity contribution in [2.45, 2.75) is 17.2 Å². The molecule has 0 spiro atoms. The van der Waals surface area contributed by atoms with Gasteiger partial charge in [0.05, 0.1) is 4.88 Å². The van der Waals surface area contributed by atoms with Gasteiger partial charge in [-0.3, -0.25) is 4.98 Å². The van der Waals surface area contributed by atoms with Crippen LogP contribution < -0.4 is 10.5 Å². The number of hydrogen-bond donors (Lipinski definition) is 2. The van der Waals surface area contributed by atoms with E-state index < -0.39 is 10.0 Å². The first-order valence-corrected chi connectivity index (χ1v) is 8.43. The fourth-order valence-electron chi connectivity index (χ4n) is 1.61. The summed E-state index contributed by atoms with van der Waals surface area (Å²) in [5.74, 6) is 0. The molecule has 106 valence electrons. The minimum atomic E-state index is -3.59. The Balaban J connectivity index is 2.20. The zero-order valence-electron chi connectivity index (χ0n) is 10.6. The first kappa shape index (κ1) is 15.0. The second-order valence-electron chi connectivity index (χ2n) is 4.11. The molecular formula is C12H13N3O2S3. The number of sulfonamides is 1. The third-order valence-corrected chi connectivity index (χ3v) is 6.13. The number of nitrogens with one attached hydrogen (secondary N) is 1. The summed E-state index contributed by atoms with van der Waals surface area (Å²) in [5, 5.41) is 0. The van der Waals surface area contributed by atoms with Crippen LogP contribution in [0.5, 0.6) is 0 Å². The quantitative estimate of drug-likeness (QED) is 0.818. The van der Waals surface area contributed by atoms with Gasteiger partial charge in [0.25, 0.3) is 10.0 Å². The summed E-state index contributed by atoms with van der Waals surface area (Å²) in [6, 6.07) is 6.29. The van der Waals surface area contributed by atoms with Crippen LogP contribution in [-0.4, -0.2) is 18.4 Å². The van der Waals surface area contributed by atoms with Gasteiger partial charge in [0.1, 0.15) is 9.20 Å². The minimum Gasteiger partial charge on any atom is -0.389 e. The van der Waals surface area contributed by atoms with Crippen molar-refractivity contribution in [1.82, 2.24) is 9.71 Å². The Bertz CT molecular complexity index is 711. The summed E-state index contributed by atoms with van der Waals surface area (Å²) in [4.78, 5) is 4.68. The van der Waals surface area contributed by atoms with Crippen LogP contribution in [0.3, 0.4) is 0 Å². The topological polar surface area (TPSA) is 85.1 Å². The van der Waals surface area contributed by atoms with Crippen molar-refractivity contribution >= 4 is 38.6 Å². The molecule has 0 bridgehead atoms. The molecule has 2 aromatic heterocycles. The number of thiophene rings is 1. The number of rotatable bonds is 5. The van der Waals surface area contributed by atoms with Crippen LogP contribution in [0.25, 0.3) is 0 Å². The molecular weight excluding hydrogens is 314 g/mol. The first-order chi connectivity index (χ1) is 9.40. The van der Waals surface area contributed by atoms with Gasteiger partial charge in [0, 0.05) is 18.4 Å². The van der Waals surface area contributed by atoms with E-state index in [9.17, 15) is 8.42 Å². The largest absolute Gasteiger partial charge is 0.389 e. The van der Waals surface area contributed by atoms with Crippen molar-refractivity contribution in [3.63, 3.8) is 0 Å². The third kappa shape index (κ3) is 3.40. The number of aromatic nitrogens is 1. The Kier molecular flexibility index (Phi) is 4.48. The van der Waals surface area contributed by atoms with Crippen LogP contribution in [-0.2, 0) is 10.0 Å². The molecule has 2 aromatic rings. The molecule has 8 heteroatoms. The summed E-state index contributed by atoms with van der Waals surface area (Å²) < 4.78 is 27.3. The lowest BCUT2D eigenvalue weighted by molar-refractivity contribution is 0.569. The lowest BCUT2D eigenvalue weighted by Crippen LogP contribution is -2.26. The lowest BCUT2D eigenvalue weighted by atomic mass is 10.1. The van der Waals surface area contributed by atoms with E-state index in [1.807, 2.05) is 0 Å². The molecule has 0 amide bonds. The van der Waals surface area contributed by atoms with Gasteiger partial charge in [0.2, 0.25) is 0 Å². The van der Waals surface area contributed by atoms with E-state index >= 15 is 0 Å². The Labute approximate surface area is 126 Å². The van der Waals surface area contributed by atoms with Crippen LogP contribution in [0.2, 0.25) is 0 Å². The van der Waals surface area contributed by atoms with Crippen molar-refractivity contribution in [1.29, 1.82) is 0 Å². The van der Waals surface area contributed by atoms with E-state index in [4.69, 9.17) is 18.0 Å². The fraction of sp³-hybridized carbons (Fsp3) is 0.167. The summed E-state index contributed by atoms with van der Waals surface area (Å²) in [6.07, 6.45) is 3.24. The molecule has 0 saturated heterocycles. The van der Waals surface area contributed by atoms with E-state index in [0.29, 0.717) is 4.88 Å².